The maximum absolute atomic E-state index is 8.56. The molecule has 4 aromatic carbocycles. The molecule has 0 aromatic heterocycles. The molecule has 0 aliphatic rings. The van der Waals surface area contributed by atoms with E-state index in [-0.39, 0.29) is 0 Å². The third kappa shape index (κ3) is 13.1. The van der Waals surface area contributed by atoms with E-state index < -0.39 is 0 Å². The van der Waals surface area contributed by atoms with E-state index in [1.165, 1.54) is 41.8 Å². The van der Waals surface area contributed by atoms with Gasteiger partial charge in [-0.25, -0.2) is 0 Å². The van der Waals surface area contributed by atoms with Gasteiger partial charge in [0.25, 0.3) is 0 Å². The molecule has 0 saturated heterocycles. The third-order valence-electron chi connectivity index (χ3n) is 6.21. The van der Waals surface area contributed by atoms with Gasteiger partial charge in [-0.15, -0.1) is 23.5 Å². The van der Waals surface area contributed by atoms with E-state index in [1.54, 1.807) is 47.0 Å². The quantitative estimate of drug-likeness (QED) is 0.105. The number of hydrogen-bond acceptors (Lipinski definition) is 7. The van der Waals surface area contributed by atoms with Crippen LogP contribution >= 0.6 is 47.0 Å². The Labute approximate surface area is 274 Å². The van der Waals surface area contributed by atoms with Crippen LogP contribution in [0.2, 0.25) is 0 Å². The number of nitriles is 1. The smallest absolute Gasteiger partial charge is 0.0630 e. The Morgan fingerprint density at radius 3 is 1.28 bits per heavy atom. The first kappa shape index (κ1) is 34.7. The van der Waals surface area contributed by atoms with Crippen LogP contribution in [0.15, 0.2) is 140 Å². The highest BCUT2D eigenvalue weighted by Crippen LogP contribution is 2.27. The summed E-state index contributed by atoms with van der Waals surface area (Å²) in [5.74, 6) is 0.850. The summed E-state index contributed by atoms with van der Waals surface area (Å²) in [5, 5.41) is 8.56. The van der Waals surface area contributed by atoms with Crippen molar-refractivity contribution in [1.82, 2.24) is 0 Å². The summed E-state index contributed by atoms with van der Waals surface area (Å²) in [6, 6.07) is 36.7. The summed E-state index contributed by atoms with van der Waals surface area (Å²) < 4.78 is 0. The van der Waals surface area contributed by atoms with Gasteiger partial charge in [-0.1, -0.05) is 85.2 Å². The Hall–Kier alpha value is -2.83. The van der Waals surface area contributed by atoms with Crippen molar-refractivity contribution < 1.29 is 0 Å². The van der Waals surface area contributed by atoms with Crippen molar-refractivity contribution in [2.24, 2.45) is 11.5 Å². The summed E-state index contributed by atoms with van der Waals surface area (Å²) in [5.41, 5.74) is 16.4. The molecule has 7 heteroatoms. The minimum atomic E-state index is 0.505. The van der Waals surface area contributed by atoms with Crippen molar-refractivity contribution in [3.05, 3.63) is 142 Å². The zero-order valence-corrected chi connectivity index (χ0v) is 27.9. The van der Waals surface area contributed by atoms with Crippen molar-refractivity contribution in [3.63, 3.8) is 0 Å². The van der Waals surface area contributed by atoms with E-state index in [9.17, 15) is 0 Å². The molecule has 4 aromatic rings. The van der Waals surface area contributed by atoms with Gasteiger partial charge in [0.15, 0.2) is 0 Å². The van der Waals surface area contributed by atoms with Crippen LogP contribution in [0.4, 0.5) is 0 Å². The highest BCUT2D eigenvalue weighted by Gasteiger charge is 2.02. The molecule has 4 N–H and O–H groups in total. The maximum atomic E-state index is 8.56. The van der Waals surface area contributed by atoms with Gasteiger partial charge in [-0.05, 0) is 99.7 Å². The maximum Gasteiger partial charge on any atom is 0.0630 e. The number of nitrogens with two attached hydrogens (primary N) is 2. The molecule has 43 heavy (non-hydrogen) atoms. The Morgan fingerprint density at radius 1 is 0.605 bits per heavy atom. The highest BCUT2D eigenvalue weighted by atomic mass is 32.2. The van der Waals surface area contributed by atoms with Gasteiger partial charge < -0.3 is 11.5 Å². The lowest BCUT2D eigenvalue weighted by atomic mass is 10.1. The van der Waals surface area contributed by atoms with Crippen molar-refractivity contribution in [3.8, 4) is 6.07 Å². The molecule has 0 fully saturated rings. The zero-order chi connectivity index (χ0) is 30.9. The van der Waals surface area contributed by atoms with Gasteiger partial charge in [0, 0.05) is 44.8 Å². The molecule has 4 rings (SSSR count). The summed E-state index contributed by atoms with van der Waals surface area (Å²) in [7, 11) is 0. The number of hydrogen-bond donors (Lipinski definition) is 2. The van der Waals surface area contributed by atoms with E-state index in [0.29, 0.717) is 19.5 Å². The van der Waals surface area contributed by atoms with Crippen LogP contribution in [-0.4, -0.2) is 25.1 Å². The van der Waals surface area contributed by atoms with Crippen molar-refractivity contribution in [2.75, 3.05) is 25.1 Å². The molecule has 0 bridgehead atoms. The Balaban J connectivity index is 0.000000238. The summed E-state index contributed by atoms with van der Waals surface area (Å²) >= 11 is 6.76. The Bertz CT molecular complexity index is 1460. The van der Waals surface area contributed by atoms with Gasteiger partial charge in [0.1, 0.15) is 0 Å². The van der Waals surface area contributed by atoms with Gasteiger partial charge in [-0.2, -0.15) is 5.26 Å². The number of thioether (sulfide) groups is 4. The van der Waals surface area contributed by atoms with Crippen LogP contribution in [0, 0.1) is 11.3 Å². The second kappa shape index (κ2) is 19.4. The molecule has 0 spiro atoms. The van der Waals surface area contributed by atoms with Crippen LogP contribution in [0.5, 0.6) is 0 Å². The van der Waals surface area contributed by atoms with Gasteiger partial charge >= 0.3 is 0 Å². The van der Waals surface area contributed by atoms with E-state index in [0.717, 1.165) is 28.4 Å². The predicted molar refractivity (Wildman–Crippen MR) is 192 cm³/mol. The SMILES string of the molecule is C=C(CN)Sc1ccc(Cc2ccc(SC)cc2)cc1.C=C(CN)Sc1ccc(Cc2ccc(SCCC#N)cc2)cc1. The first-order chi connectivity index (χ1) is 20.9. The average Bonchev–Trinajstić information content (AvgIpc) is 3.04. The van der Waals surface area contributed by atoms with E-state index >= 15 is 0 Å². The third-order valence-corrected chi connectivity index (χ3v) is 9.89. The minimum Gasteiger partial charge on any atom is -0.326 e. The molecular weight excluding hydrogens is 603 g/mol. The van der Waals surface area contributed by atoms with Crippen molar-refractivity contribution in [1.29, 1.82) is 5.26 Å². The topological polar surface area (TPSA) is 75.8 Å². The fourth-order valence-corrected chi connectivity index (χ4v) is 6.44. The van der Waals surface area contributed by atoms with Gasteiger partial charge in [0.2, 0.25) is 0 Å². The first-order valence-electron chi connectivity index (χ1n) is 13.9. The van der Waals surface area contributed by atoms with Crippen LogP contribution in [0.3, 0.4) is 0 Å². The van der Waals surface area contributed by atoms with E-state index in [2.05, 4.69) is 123 Å². The largest absolute Gasteiger partial charge is 0.326 e. The molecule has 3 nitrogen and oxygen atoms in total. The predicted octanol–water partition coefficient (Wildman–Crippen LogP) is 9.41. The first-order valence-corrected chi connectivity index (χ1v) is 17.8. The molecule has 0 unspecified atom stereocenters. The lowest BCUT2D eigenvalue weighted by Crippen LogP contribution is -1.98. The lowest BCUT2D eigenvalue weighted by molar-refractivity contribution is 1.17. The van der Waals surface area contributed by atoms with Crippen LogP contribution in [-0.2, 0) is 12.8 Å². The van der Waals surface area contributed by atoms with Crippen LogP contribution < -0.4 is 11.5 Å². The van der Waals surface area contributed by atoms with E-state index in [1.807, 2.05) is 0 Å². The lowest BCUT2D eigenvalue weighted by Gasteiger charge is -2.06. The standard InChI is InChI=1S/C19H20N2S2.C17H19NS2/c1-15(14-21)23-19-9-5-17(6-10-19)13-16-3-7-18(8-4-16)22-12-2-11-20;1-13(12-18)20-17-9-5-15(6-10-17)11-14-3-7-16(19-2)8-4-14/h3-10H,1-2,12-14,21H2;3-10H,1,11-12,18H2,2H3. The highest BCUT2D eigenvalue weighted by molar-refractivity contribution is 8.03. The molecule has 222 valence electrons. The number of benzene rings is 4. The molecule has 0 radical (unpaired) electrons. The van der Waals surface area contributed by atoms with Gasteiger partial charge in [0.05, 0.1) is 6.07 Å². The monoisotopic (exact) mass is 641 g/mol. The molecule has 0 aliphatic carbocycles. The van der Waals surface area contributed by atoms with Crippen molar-refractivity contribution in [2.45, 2.75) is 38.8 Å². The second-order valence-corrected chi connectivity index (χ2v) is 14.1. The van der Waals surface area contributed by atoms with Crippen molar-refractivity contribution >= 4 is 47.0 Å². The van der Waals surface area contributed by atoms with Crippen LogP contribution in [0.1, 0.15) is 28.7 Å². The molecular formula is C36H39N3S4. The van der Waals surface area contributed by atoms with Crippen LogP contribution in [0.25, 0.3) is 0 Å². The summed E-state index contributed by atoms with van der Waals surface area (Å²) in [6.07, 6.45) is 4.58. The molecule has 0 amide bonds. The zero-order valence-electron chi connectivity index (χ0n) is 24.6. The average molecular weight is 642 g/mol. The fraction of sp³-hybridized carbons (Fsp3) is 0.194. The molecule has 0 atom stereocenters. The fourth-order valence-electron chi connectivity index (χ4n) is 3.90. The second-order valence-electron chi connectivity index (χ2n) is 9.58. The molecule has 0 aliphatic heterocycles. The number of nitrogens with zero attached hydrogens (tertiary/aromatic N) is 1. The number of rotatable bonds is 14. The summed E-state index contributed by atoms with van der Waals surface area (Å²) in [6.45, 7) is 8.85. The van der Waals surface area contributed by atoms with E-state index in [4.69, 9.17) is 16.7 Å². The normalized spacial score (nSPS) is 10.4. The Kier molecular flexibility index (Phi) is 15.7. The molecule has 0 heterocycles. The minimum absolute atomic E-state index is 0.505. The summed E-state index contributed by atoms with van der Waals surface area (Å²) in [4.78, 5) is 6.86. The van der Waals surface area contributed by atoms with Gasteiger partial charge in [-0.3, -0.25) is 0 Å². The molecule has 0 saturated carbocycles. The Morgan fingerprint density at radius 2 is 0.953 bits per heavy atom.